The molecule has 0 aliphatic rings. The van der Waals surface area contributed by atoms with Gasteiger partial charge < -0.3 is 4.57 Å². The van der Waals surface area contributed by atoms with Crippen molar-refractivity contribution in [1.29, 1.82) is 0 Å². The van der Waals surface area contributed by atoms with E-state index in [2.05, 4.69) is 214 Å². The fourth-order valence-corrected chi connectivity index (χ4v) is 9.29. The number of rotatable bonds is 7. The van der Waals surface area contributed by atoms with E-state index in [0.29, 0.717) is 0 Å². The van der Waals surface area contributed by atoms with E-state index in [1.165, 1.54) is 32.7 Å². The summed E-state index contributed by atoms with van der Waals surface area (Å²) >= 11 is 0. The van der Waals surface area contributed by atoms with Crippen molar-refractivity contribution in [3.8, 4) is 67.7 Å². The Morgan fingerprint density at radius 2 is 0.952 bits per heavy atom. The van der Waals surface area contributed by atoms with Gasteiger partial charge in [0, 0.05) is 56.8 Å². The number of imidazole rings is 1. The van der Waals surface area contributed by atoms with Crippen LogP contribution in [-0.4, -0.2) is 24.1 Å². The Morgan fingerprint density at radius 3 is 1.74 bits per heavy atom. The molecule has 0 saturated carbocycles. The molecule has 0 aliphatic heterocycles. The van der Waals surface area contributed by atoms with Crippen molar-refractivity contribution < 1.29 is 0 Å². The molecule has 5 nitrogen and oxygen atoms in total. The van der Waals surface area contributed by atoms with Gasteiger partial charge in [-0.25, -0.2) is 9.97 Å². The smallest absolute Gasteiger partial charge is 0.145 e. The maximum absolute atomic E-state index is 5.19. The lowest BCUT2D eigenvalue weighted by Gasteiger charge is -2.16. The van der Waals surface area contributed by atoms with Crippen molar-refractivity contribution in [2.24, 2.45) is 0 Å². The molecule has 0 amide bonds. The molecule has 8 aromatic carbocycles. The molecule has 12 aromatic rings. The zero-order valence-corrected chi connectivity index (χ0v) is 33.6. The van der Waals surface area contributed by atoms with Gasteiger partial charge in [0.1, 0.15) is 5.82 Å². The van der Waals surface area contributed by atoms with Gasteiger partial charge in [0.05, 0.1) is 33.6 Å². The third-order valence-corrected chi connectivity index (χ3v) is 12.1. The average Bonchev–Trinajstić information content (AvgIpc) is 3.92. The fourth-order valence-electron chi connectivity index (χ4n) is 9.29. The van der Waals surface area contributed by atoms with Crippen LogP contribution >= 0.6 is 0 Å². The van der Waals surface area contributed by atoms with Gasteiger partial charge in [0.15, 0.2) is 0 Å². The minimum absolute atomic E-state index is 0.906. The molecule has 4 aromatic heterocycles. The standard InChI is InChI=1S/C57H37N5/c1-4-14-39(15-5-1)54-49-33-31-46-44-20-12-21-47(51-24-13-23-50(59-51)38-34-36-58-37-35-38)45(44)30-32-48(46)56(49)62(55(54)40-16-6-2-7-17-40)43-28-26-41(27-29-43)57-60-52-22-10-11-25-53(52)61(57)42-18-8-3-9-19-42/h1-37H. The number of pyridine rings is 2. The Balaban J connectivity index is 1.11. The highest BCUT2D eigenvalue weighted by Gasteiger charge is 2.24. The number of aromatic nitrogens is 5. The van der Waals surface area contributed by atoms with E-state index in [1.807, 2.05) is 24.5 Å². The topological polar surface area (TPSA) is 48.5 Å². The molecular weight excluding hydrogens is 755 g/mol. The molecular formula is C57H37N5. The number of fused-ring (bicyclic) bond motifs is 6. The van der Waals surface area contributed by atoms with E-state index in [9.17, 15) is 0 Å². The van der Waals surface area contributed by atoms with Crippen LogP contribution < -0.4 is 0 Å². The van der Waals surface area contributed by atoms with E-state index < -0.39 is 0 Å². The molecule has 5 heteroatoms. The summed E-state index contributed by atoms with van der Waals surface area (Å²) in [4.78, 5) is 14.6. The lowest BCUT2D eigenvalue weighted by Crippen LogP contribution is -2.00. The Bertz CT molecular complexity index is 3590. The highest BCUT2D eigenvalue weighted by molar-refractivity contribution is 6.22. The molecule has 0 aliphatic carbocycles. The molecule has 0 atom stereocenters. The largest absolute Gasteiger partial charge is 0.308 e. The second-order valence-corrected chi connectivity index (χ2v) is 15.6. The van der Waals surface area contributed by atoms with Crippen LogP contribution in [0.2, 0.25) is 0 Å². The minimum Gasteiger partial charge on any atom is -0.308 e. The van der Waals surface area contributed by atoms with E-state index in [0.717, 1.165) is 78.5 Å². The maximum Gasteiger partial charge on any atom is 0.145 e. The molecule has 0 radical (unpaired) electrons. The average molecular weight is 792 g/mol. The predicted octanol–water partition coefficient (Wildman–Crippen LogP) is 14.4. The normalized spacial score (nSPS) is 11.5. The SMILES string of the molecule is c1ccc(-c2c(-c3ccccc3)n(-c3ccc(-c4nc5ccccc5n4-c4ccccc4)cc3)c3c2ccc2c4cccc(-c5cccc(-c6ccncc6)n5)c4ccc23)cc1. The molecule has 0 unspecified atom stereocenters. The van der Waals surface area contributed by atoms with E-state index in [1.54, 1.807) is 0 Å². The van der Waals surface area contributed by atoms with Crippen LogP contribution in [0.1, 0.15) is 0 Å². The molecule has 0 N–H and O–H groups in total. The molecule has 4 heterocycles. The summed E-state index contributed by atoms with van der Waals surface area (Å²) < 4.78 is 4.74. The van der Waals surface area contributed by atoms with Gasteiger partial charge in [0.25, 0.3) is 0 Å². The van der Waals surface area contributed by atoms with Crippen molar-refractivity contribution in [2.45, 2.75) is 0 Å². The van der Waals surface area contributed by atoms with Crippen LogP contribution in [0.4, 0.5) is 0 Å². The lowest BCUT2D eigenvalue weighted by atomic mass is 9.94. The highest BCUT2D eigenvalue weighted by Crippen LogP contribution is 2.46. The summed E-state index contributed by atoms with van der Waals surface area (Å²) in [7, 11) is 0. The van der Waals surface area contributed by atoms with Gasteiger partial charge >= 0.3 is 0 Å². The Hall–Kier alpha value is -8.41. The first-order chi connectivity index (χ1) is 30.8. The number of nitrogens with zero attached hydrogens (tertiary/aromatic N) is 5. The molecule has 0 bridgehead atoms. The zero-order valence-electron chi connectivity index (χ0n) is 33.6. The maximum atomic E-state index is 5.19. The van der Waals surface area contributed by atoms with Gasteiger partial charge in [-0.2, -0.15) is 0 Å². The first-order valence-corrected chi connectivity index (χ1v) is 20.9. The summed E-state index contributed by atoms with van der Waals surface area (Å²) in [5.74, 6) is 0.906. The number of para-hydroxylation sites is 3. The van der Waals surface area contributed by atoms with E-state index in [4.69, 9.17) is 9.97 Å². The first kappa shape index (κ1) is 35.5. The minimum atomic E-state index is 0.906. The van der Waals surface area contributed by atoms with Crippen molar-refractivity contribution in [3.05, 3.63) is 225 Å². The van der Waals surface area contributed by atoms with Crippen molar-refractivity contribution in [3.63, 3.8) is 0 Å². The molecule has 12 rings (SSSR count). The molecule has 0 spiro atoms. The molecule has 62 heavy (non-hydrogen) atoms. The molecule has 0 saturated heterocycles. The van der Waals surface area contributed by atoms with Gasteiger partial charge in [0.2, 0.25) is 0 Å². The second kappa shape index (κ2) is 14.7. The highest BCUT2D eigenvalue weighted by atomic mass is 15.1. The van der Waals surface area contributed by atoms with E-state index in [-0.39, 0.29) is 0 Å². The number of hydrogen-bond donors (Lipinski definition) is 0. The van der Waals surface area contributed by atoms with Crippen LogP contribution in [0.25, 0.3) is 111 Å². The first-order valence-electron chi connectivity index (χ1n) is 20.9. The summed E-state index contributed by atoms with van der Waals surface area (Å²) in [6, 6.07) is 75.5. The quantitative estimate of drug-likeness (QED) is 0.151. The zero-order chi connectivity index (χ0) is 41.0. The Kier molecular flexibility index (Phi) is 8.42. The third-order valence-electron chi connectivity index (χ3n) is 12.1. The fraction of sp³-hybridized carbons (Fsp3) is 0. The van der Waals surface area contributed by atoms with E-state index >= 15 is 0 Å². The molecule has 290 valence electrons. The summed E-state index contributed by atoms with van der Waals surface area (Å²) in [5.41, 5.74) is 15.1. The van der Waals surface area contributed by atoms with Gasteiger partial charge in [-0.15, -0.1) is 0 Å². The number of benzene rings is 8. The van der Waals surface area contributed by atoms with Crippen molar-refractivity contribution in [2.75, 3.05) is 0 Å². The number of hydrogen-bond acceptors (Lipinski definition) is 3. The summed E-state index contributed by atoms with van der Waals surface area (Å²) in [6.45, 7) is 0. The van der Waals surface area contributed by atoms with Crippen LogP contribution in [-0.2, 0) is 0 Å². The lowest BCUT2D eigenvalue weighted by molar-refractivity contribution is 1.10. The van der Waals surface area contributed by atoms with Gasteiger partial charge in [-0.1, -0.05) is 140 Å². The van der Waals surface area contributed by atoms with Crippen LogP contribution in [0.5, 0.6) is 0 Å². The van der Waals surface area contributed by atoms with Crippen molar-refractivity contribution in [1.82, 2.24) is 24.1 Å². The molecule has 0 fully saturated rings. The van der Waals surface area contributed by atoms with Crippen LogP contribution in [0, 0.1) is 0 Å². The third kappa shape index (κ3) is 5.82. The summed E-state index contributed by atoms with van der Waals surface area (Å²) in [5, 5.41) is 5.91. The monoisotopic (exact) mass is 791 g/mol. The van der Waals surface area contributed by atoms with Gasteiger partial charge in [-0.3, -0.25) is 9.55 Å². The predicted molar refractivity (Wildman–Crippen MR) is 256 cm³/mol. The summed E-state index contributed by atoms with van der Waals surface area (Å²) in [6.07, 6.45) is 3.63. The Morgan fingerprint density at radius 1 is 0.339 bits per heavy atom. The van der Waals surface area contributed by atoms with Crippen LogP contribution in [0.15, 0.2) is 225 Å². The van der Waals surface area contributed by atoms with Crippen LogP contribution in [0.3, 0.4) is 0 Å². The Labute approximate surface area is 358 Å². The van der Waals surface area contributed by atoms with Gasteiger partial charge in [-0.05, 0) is 100 Å². The van der Waals surface area contributed by atoms with Crippen molar-refractivity contribution >= 4 is 43.5 Å². The second-order valence-electron chi connectivity index (χ2n) is 15.6.